The van der Waals surface area contributed by atoms with Crippen LogP contribution >= 0.6 is 0 Å². The number of nitrogens with one attached hydrogen (secondary N) is 2. The quantitative estimate of drug-likeness (QED) is 0.488. The van der Waals surface area contributed by atoms with Gasteiger partial charge < -0.3 is 25.0 Å². The van der Waals surface area contributed by atoms with E-state index in [-0.39, 0.29) is 0 Å². The average Bonchev–Trinajstić information content (AvgIpc) is 2.85. The van der Waals surface area contributed by atoms with Crippen LogP contribution in [0.1, 0.15) is 5.56 Å². The first kappa shape index (κ1) is 23.1. The lowest BCUT2D eigenvalue weighted by atomic mass is 10.1. The number of benzene rings is 2. The van der Waals surface area contributed by atoms with Gasteiger partial charge in [-0.2, -0.15) is 4.98 Å². The Bertz CT molecular complexity index is 1030. The van der Waals surface area contributed by atoms with E-state index in [0.29, 0.717) is 12.5 Å². The van der Waals surface area contributed by atoms with E-state index in [4.69, 9.17) is 19.4 Å². The monoisotopic (exact) mass is 450 g/mol. The Kier molecular flexibility index (Phi) is 7.80. The Morgan fingerprint density at radius 2 is 1.61 bits per heavy atom. The van der Waals surface area contributed by atoms with E-state index >= 15 is 0 Å². The van der Waals surface area contributed by atoms with Crippen LogP contribution in [0.3, 0.4) is 0 Å². The van der Waals surface area contributed by atoms with Crippen LogP contribution in [0.25, 0.3) is 10.9 Å². The lowest BCUT2D eigenvalue weighted by molar-refractivity contribution is 0.158. The molecule has 1 saturated heterocycles. The molecule has 4 rings (SSSR count). The van der Waals surface area contributed by atoms with E-state index in [9.17, 15) is 0 Å². The van der Waals surface area contributed by atoms with E-state index < -0.39 is 0 Å². The van der Waals surface area contributed by atoms with Crippen LogP contribution in [-0.4, -0.2) is 86.8 Å². The van der Waals surface area contributed by atoms with Gasteiger partial charge in [0.1, 0.15) is 17.3 Å². The molecule has 0 unspecified atom stereocenters. The highest BCUT2D eigenvalue weighted by molar-refractivity contribution is 5.90. The number of hydrogen-bond acceptors (Lipinski definition) is 8. The zero-order valence-electron chi connectivity index (χ0n) is 19.8. The zero-order chi connectivity index (χ0) is 23.0. The van der Waals surface area contributed by atoms with Crippen LogP contribution in [0.5, 0.6) is 11.5 Å². The summed E-state index contributed by atoms with van der Waals surface area (Å²) in [4.78, 5) is 14.4. The Labute approximate surface area is 195 Å². The molecule has 1 aliphatic rings. The van der Waals surface area contributed by atoms with Gasteiger partial charge in [0.15, 0.2) is 0 Å². The Hall–Kier alpha value is -3.10. The predicted octanol–water partition coefficient (Wildman–Crippen LogP) is 2.96. The number of ether oxygens (including phenoxy) is 2. The average molecular weight is 451 g/mol. The van der Waals surface area contributed by atoms with Crippen LogP contribution < -0.4 is 20.1 Å². The SMILES string of the molecule is COc1cc(CCNc2nc(NCCN3CCN(C)CC3)c3ccccc3n2)cc(OC)c1. The molecule has 0 radical (unpaired) electrons. The van der Waals surface area contributed by atoms with Gasteiger partial charge in [0.25, 0.3) is 0 Å². The smallest absolute Gasteiger partial charge is 0.225 e. The van der Waals surface area contributed by atoms with Gasteiger partial charge >= 0.3 is 0 Å². The predicted molar refractivity (Wildman–Crippen MR) is 134 cm³/mol. The second-order valence-corrected chi connectivity index (χ2v) is 8.38. The molecule has 33 heavy (non-hydrogen) atoms. The maximum atomic E-state index is 5.37. The summed E-state index contributed by atoms with van der Waals surface area (Å²) in [6.45, 7) is 7.05. The van der Waals surface area contributed by atoms with Gasteiger partial charge in [-0.05, 0) is 43.3 Å². The van der Waals surface area contributed by atoms with Gasteiger partial charge in [0.05, 0.1) is 19.7 Å². The Morgan fingerprint density at radius 1 is 0.879 bits per heavy atom. The number of piperazine rings is 1. The van der Waals surface area contributed by atoms with Crippen LogP contribution in [0, 0.1) is 0 Å². The molecule has 0 atom stereocenters. The standard InChI is InChI=1S/C25H34N6O2/c1-30-12-14-31(15-13-30)11-10-26-24-22-6-4-5-7-23(22)28-25(29-24)27-9-8-19-16-20(32-2)18-21(17-19)33-3/h4-7,16-18H,8-15H2,1-3H3,(H2,26,27,28,29). The fourth-order valence-electron chi connectivity index (χ4n) is 4.02. The van der Waals surface area contributed by atoms with Crippen molar-refractivity contribution in [2.24, 2.45) is 0 Å². The summed E-state index contributed by atoms with van der Waals surface area (Å²) in [7, 11) is 5.51. The zero-order valence-corrected chi connectivity index (χ0v) is 19.8. The summed E-state index contributed by atoms with van der Waals surface area (Å²) in [6.07, 6.45) is 0.802. The van der Waals surface area contributed by atoms with Crippen LogP contribution in [0.4, 0.5) is 11.8 Å². The maximum absolute atomic E-state index is 5.37. The summed E-state index contributed by atoms with van der Waals surface area (Å²) in [5.74, 6) is 3.09. The van der Waals surface area contributed by atoms with Crippen LogP contribution in [0.15, 0.2) is 42.5 Å². The molecule has 0 amide bonds. The minimum Gasteiger partial charge on any atom is -0.497 e. The lowest BCUT2D eigenvalue weighted by Gasteiger charge is -2.32. The van der Waals surface area contributed by atoms with Gasteiger partial charge in [-0.15, -0.1) is 0 Å². The third kappa shape index (κ3) is 6.24. The van der Waals surface area contributed by atoms with E-state index in [1.807, 2.05) is 36.4 Å². The first-order valence-corrected chi connectivity index (χ1v) is 11.5. The number of para-hydroxylation sites is 1. The molecule has 2 N–H and O–H groups in total. The fourth-order valence-corrected chi connectivity index (χ4v) is 4.02. The first-order valence-electron chi connectivity index (χ1n) is 11.5. The molecule has 3 aromatic rings. The molecular formula is C25H34N6O2. The van der Waals surface area contributed by atoms with Crippen molar-refractivity contribution in [3.63, 3.8) is 0 Å². The molecule has 0 saturated carbocycles. The van der Waals surface area contributed by atoms with Crippen molar-refractivity contribution in [2.45, 2.75) is 6.42 Å². The molecule has 1 aromatic heterocycles. The third-order valence-corrected chi connectivity index (χ3v) is 6.03. The van der Waals surface area contributed by atoms with Crippen molar-refractivity contribution in [3.05, 3.63) is 48.0 Å². The maximum Gasteiger partial charge on any atom is 0.225 e. The Balaban J connectivity index is 1.39. The molecule has 176 valence electrons. The highest BCUT2D eigenvalue weighted by atomic mass is 16.5. The summed E-state index contributed by atoms with van der Waals surface area (Å²) in [6, 6.07) is 14.1. The van der Waals surface area contributed by atoms with Crippen molar-refractivity contribution < 1.29 is 9.47 Å². The van der Waals surface area contributed by atoms with Gasteiger partial charge in [-0.1, -0.05) is 12.1 Å². The molecule has 0 aliphatic carbocycles. The first-order chi connectivity index (χ1) is 16.1. The van der Waals surface area contributed by atoms with E-state index in [2.05, 4.69) is 33.5 Å². The summed E-state index contributed by atoms with van der Waals surface area (Å²) in [5.41, 5.74) is 2.06. The molecule has 0 spiro atoms. The molecule has 2 aromatic carbocycles. The van der Waals surface area contributed by atoms with Crippen molar-refractivity contribution in [2.75, 3.05) is 77.7 Å². The second kappa shape index (κ2) is 11.2. The largest absolute Gasteiger partial charge is 0.497 e. The van der Waals surface area contributed by atoms with E-state index in [0.717, 1.165) is 79.5 Å². The minimum absolute atomic E-state index is 0.630. The number of fused-ring (bicyclic) bond motifs is 1. The number of hydrogen-bond donors (Lipinski definition) is 2. The summed E-state index contributed by atoms with van der Waals surface area (Å²) in [5, 5.41) is 7.97. The van der Waals surface area contributed by atoms with Crippen molar-refractivity contribution in [3.8, 4) is 11.5 Å². The molecule has 8 nitrogen and oxygen atoms in total. The number of rotatable bonds is 10. The number of likely N-dealkylation sites (N-methyl/N-ethyl adjacent to an activating group) is 1. The van der Waals surface area contributed by atoms with Crippen molar-refractivity contribution in [1.29, 1.82) is 0 Å². The lowest BCUT2D eigenvalue weighted by Crippen LogP contribution is -2.45. The Morgan fingerprint density at radius 3 is 2.33 bits per heavy atom. The van der Waals surface area contributed by atoms with Gasteiger partial charge in [-0.3, -0.25) is 4.90 Å². The van der Waals surface area contributed by atoms with Gasteiger partial charge in [-0.25, -0.2) is 4.98 Å². The molecule has 0 bridgehead atoms. The van der Waals surface area contributed by atoms with Crippen molar-refractivity contribution in [1.82, 2.24) is 19.8 Å². The molecular weight excluding hydrogens is 416 g/mol. The number of nitrogens with zero attached hydrogens (tertiary/aromatic N) is 4. The van der Waals surface area contributed by atoms with Crippen LogP contribution in [0.2, 0.25) is 0 Å². The molecule has 1 aliphatic heterocycles. The molecule has 2 heterocycles. The summed E-state index contributed by atoms with van der Waals surface area (Å²) >= 11 is 0. The van der Waals surface area contributed by atoms with Crippen molar-refractivity contribution >= 4 is 22.7 Å². The highest BCUT2D eigenvalue weighted by Crippen LogP contribution is 2.24. The van der Waals surface area contributed by atoms with E-state index in [1.54, 1.807) is 14.2 Å². The topological polar surface area (TPSA) is 74.8 Å². The van der Waals surface area contributed by atoms with Crippen LogP contribution in [-0.2, 0) is 6.42 Å². The number of aromatic nitrogens is 2. The fraction of sp³-hybridized carbons (Fsp3) is 0.440. The van der Waals surface area contributed by atoms with Gasteiger partial charge in [0, 0.05) is 57.3 Å². The number of anilines is 2. The minimum atomic E-state index is 0.630. The molecule has 8 heteroatoms. The molecule has 1 fully saturated rings. The number of methoxy groups -OCH3 is 2. The normalized spacial score (nSPS) is 14.9. The highest BCUT2D eigenvalue weighted by Gasteiger charge is 2.14. The second-order valence-electron chi connectivity index (χ2n) is 8.38. The summed E-state index contributed by atoms with van der Waals surface area (Å²) < 4.78 is 10.7. The third-order valence-electron chi connectivity index (χ3n) is 6.03. The van der Waals surface area contributed by atoms with E-state index in [1.165, 1.54) is 0 Å². The van der Waals surface area contributed by atoms with Gasteiger partial charge in [0.2, 0.25) is 5.95 Å².